The van der Waals surface area contributed by atoms with Crippen molar-refractivity contribution in [2.45, 2.75) is 25.8 Å². The Hall–Kier alpha value is -1.51. The van der Waals surface area contributed by atoms with Gasteiger partial charge in [0.05, 0.1) is 5.54 Å². The molecule has 0 aliphatic rings. The summed E-state index contributed by atoms with van der Waals surface area (Å²) < 4.78 is 0. The minimum Gasteiger partial charge on any atom is -0.368 e. The SMILES string of the molecule is Cc1ccc(N(C)C(C)(CN)Cc2ccc(Cl)cc2)cc1. The van der Waals surface area contributed by atoms with E-state index in [2.05, 4.69) is 62.2 Å². The molecule has 0 radical (unpaired) electrons. The molecule has 3 heteroatoms. The van der Waals surface area contributed by atoms with Gasteiger partial charge in [-0.1, -0.05) is 41.4 Å². The lowest BCUT2D eigenvalue weighted by atomic mass is 9.90. The number of nitrogens with two attached hydrogens (primary N) is 1. The summed E-state index contributed by atoms with van der Waals surface area (Å²) in [5.74, 6) is 0. The van der Waals surface area contributed by atoms with Crippen molar-refractivity contribution in [1.29, 1.82) is 0 Å². The molecule has 2 aromatic carbocycles. The van der Waals surface area contributed by atoms with Gasteiger partial charge in [0.25, 0.3) is 0 Å². The van der Waals surface area contributed by atoms with Crippen LogP contribution in [0.4, 0.5) is 5.69 Å². The lowest BCUT2D eigenvalue weighted by molar-refractivity contribution is 0.450. The first kappa shape index (κ1) is 15.9. The van der Waals surface area contributed by atoms with E-state index in [0.717, 1.165) is 11.4 Å². The summed E-state index contributed by atoms with van der Waals surface area (Å²) in [6.45, 7) is 4.88. The van der Waals surface area contributed by atoms with E-state index in [1.807, 2.05) is 12.1 Å². The standard InChI is InChI=1S/C18H23ClN2/c1-14-4-10-17(11-5-14)21(3)18(2,13-20)12-15-6-8-16(19)9-7-15/h4-11H,12-13,20H2,1-3H3. The number of likely N-dealkylation sites (N-methyl/N-ethyl adjacent to an activating group) is 1. The van der Waals surface area contributed by atoms with Gasteiger partial charge in [-0.05, 0) is 50.1 Å². The largest absolute Gasteiger partial charge is 0.368 e. The van der Waals surface area contributed by atoms with Gasteiger partial charge in [-0.25, -0.2) is 0 Å². The van der Waals surface area contributed by atoms with Crippen molar-refractivity contribution in [3.63, 3.8) is 0 Å². The monoisotopic (exact) mass is 302 g/mol. The van der Waals surface area contributed by atoms with Gasteiger partial charge < -0.3 is 10.6 Å². The third kappa shape index (κ3) is 3.78. The minimum absolute atomic E-state index is 0.136. The molecule has 0 spiro atoms. The fourth-order valence-electron chi connectivity index (χ4n) is 2.45. The van der Waals surface area contributed by atoms with E-state index >= 15 is 0 Å². The molecule has 0 amide bonds. The molecule has 0 aliphatic carbocycles. The number of benzene rings is 2. The Labute approximate surface area is 132 Å². The Bertz CT molecular complexity index is 577. The number of nitrogens with zero attached hydrogens (tertiary/aromatic N) is 1. The smallest absolute Gasteiger partial charge is 0.0533 e. The molecule has 0 aromatic heterocycles. The fourth-order valence-corrected chi connectivity index (χ4v) is 2.58. The van der Waals surface area contributed by atoms with Crippen molar-refractivity contribution in [2.24, 2.45) is 5.73 Å². The number of rotatable bonds is 5. The van der Waals surface area contributed by atoms with E-state index in [1.54, 1.807) is 0 Å². The Morgan fingerprint density at radius 1 is 1.05 bits per heavy atom. The summed E-state index contributed by atoms with van der Waals surface area (Å²) >= 11 is 5.95. The maximum atomic E-state index is 6.09. The summed E-state index contributed by atoms with van der Waals surface area (Å²) in [5, 5.41) is 0.764. The van der Waals surface area contributed by atoms with Crippen LogP contribution in [-0.2, 0) is 6.42 Å². The van der Waals surface area contributed by atoms with Gasteiger partial charge in [-0.3, -0.25) is 0 Å². The van der Waals surface area contributed by atoms with Crippen LogP contribution in [0.2, 0.25) is 5.02 Å². The average Bonchev–Trinajstić information content (AvgIpc) is 2.49. The topological polar surface area (TPSA) is 29.3 Å². The first-order chi connectivity index (χ1) is 9.94. The summed E-state index contributed by atoms with van der Waals surface area (Å²) in [6.07, 6.45) is 0.880. The third-order valence-electron chi connectivity index (χ3n) is 4.17. The predicted molar refractivity (Wildman–Crippen MR) is 92.2 cm³/mol. The van der Waals surface area contributed by atoms with Crippen LogP contribution in [0, 0.1) is 6.92 Å². The summed E-state index contributed by atoms with van der Waals surface area (Å²) in [4.78, 5) is 2.26. The molecule has 0 bridgehead atoms. The van der Waals surface area contributed by atoms with Crippen LogP contribution in [0.1, 0.15) is 18.1 Å². The molecule has 0 saturated heterocycles. The fraction of sp³-hybridized carbons (Fsp3) is 0.333. The van der Waals surface area contributed by atoms with Crippen molar-refractivity contribution in [1.82, 2.24) is 0 Å². The van der Waals surface area contributed by atoms with Crippen LogP contribution in [-0.4, -0.2) is 19.1 Å². The number of anilines is 1. The van der Waals surface area contributed by atoms with Gasteiger partial charge in [0.2, 0.25) is 0 Å². The van der Waals surface area contributed by atoms with Crippen LogP contribution in [0.25, 0.3) is 0 Å². The second-order valence-corrected chi connectivity index (χ2v) is 6.34. The van der Waals surface area contributed by atoms with Crippen LogP contribution >= 0.6 is 11.6 Å². The molecule has 0 fully saturated rings. The zero-order valence-electron chi connectivity index (χ0n) is 12.9. The Balaban J connectivity index is 2.23. The molecule has 2 rings (SSSR count). The number of hydrogen-bond donors (Lipinski definition) is 1. The maximum Gasteiger partial charge on any atom is 0.0533 e. The van der Waals surface area contributed by atoms with E-state index in [-0.39, 0.29) is 5.54 Å². The van der Waals surface area contributed by atoms with Crippen LogP contribution < -0.4 is 10.6 Å². The Kier molecular flexibility index (Phi) is 4.92. The van der Waals surface area contributed by atoms with E-state index in [9.17, 15) is 0 Å². The highest BCUT2D eigenvalue weighted by atomic mass is 35.5. The zero-order valence-corrected chi connectivity index (χ0v) is 13.7. The molecule has 2 aromatic rings. The number of halogens is 1. The van der Waals surface area contributed by atoms with Crippen molar-refractivity contribution >= 4 is 17.3 Å². The van der Waals surface area contributed by atoms with Gasteiger partial charge in [0, 0.05) is 24.3 Å². The van der Waals surface area contributed by atoms with Gasteiger partial charge in [0.1, 0.15) is 0 Å². The Morgan fingerprint density at radius 3 is 2.14 bits per heavy atom. The van der Waals surface area contributed by atoms with Crippen molar-refractivity contribution in [2.75, 3.05) is 18.5 Å². The van der Waals surface area contributed by atoms with E-state index < -0.39 is 0 Å². The molecular formula is C18H23ClN2. The van der Waals surface area contributed by atoms with Crippen molar-refractivity contribution in [3.8, 4) is 0 Å². The van der Waals surface area contributed by atoms with Crippen molar-refractivity contribution < 1.29 is 0 Å². The molecule has 0 saturated carbocycles. The highest BCUT2D eigenvalue weighted by Gasteiger charge is 2.28. The molecule has 2 N–H and O–H groups in total. The minimum atomic E-state index is -0.136. The highest BCUT2D eigenvalue weighted by Crippen LogP contribution is 2.26. The van der Waals surface area contributed by atoms with E-state index in [4.69, 9.17) is 17.3 Å². The van der Waals surface area contributed by atoms with Gasteiger partial charge >= 0.3 is 0 Å². The third-order valence-corrected chi connectivity index (χ3v) is 4.42. The van der Waals surface area contributed by atoms with Gasteiger partial charge in [-0.2, -0.15) is 0 Å². The lowest BCUT2D eigenvalue weighted by Gasteiger charge is -2.40. The predicted octanol–water partition coefficient (Wildman–Crippen LogP) is 4.04. The molecule has 21 heavy (non-hydrogen) atoms. The number of aryl methyl sites for hydroxylation is 1. The summed E-state index contributed by atoms with van der Waals surface area (Å²) in [6, 6.07) is 16.5. The van der Waals surface area contributed by atoms with Crippen molar-refractivity contribution in [3.05, 3.63) is 64.7 Å². The zero-order chi connectivity index (χ0) is 15.5. The normalized spacial score (nSPS) is 13.8. The molecule has 1 unspecified atom stereocenters. The van der Waals surface area contributed by atoms with Gasteiger partial charge in [0.15, 0.2) is 0 Å². The molecule has 0 aliphatic heterocycles. The lowest BCUT2D eigenvalue weighted by Crippen LogP contribution is -2.51. The quantitative estimate of drug-likeness (QED) is 0.903. The first-order valence-electron chi connectivity index (χ1n) is 7.20. The molecule has 0 heterocycles. The van der Waals surface area contributed by atoms with E-state index in [1.165, 1.54) is 16.8 Å². The van der Waals surface area contributed by atoms with E-state index in [0.29, 0.717) is 6.54 Å². The molecule has 2 nitrogen and oxygen atoms in total. The maximum absolute atomic E-state index is 6.09. The Morgan fingerprint density at radius 2 is 1.62 bits per heavy atom. The second-order valence-electron chi connectivity index (χ2n) is 5.90. The first-order valence-corrected chi connectivity index (χ1v) is 7.57. The van der Waals surface area contributed by atoms with Crippen LogP contribution in [0.5, 0.6) is 0 Å². The second kappa shape index (κ2) is 6.50. The molecule has 112 valence electrons. The molecule has 1 atom stereocenters. The van der Waals surface area contributed by atoms with Gasteiger partial charge in [-0.15, -0.1) is 0 Å². The highest BCUT2D eigenvalue weighted by molar-refractivity contribution is 6.30. The molecular weight excluding hydrogens is 280 g/mol. The summed E-state index contributed by atoms with van der Waals surface area (Å²) in [7, 11) is 2.10. The summed E-state index contributed by atoms with van der Waals surface area (Å²) in [5.41, 5.74) is 9.64. The number of hydrogen-bond acceptors (Lipinski definition) is 2. The average molecular weight is 303 g/mol. The van der Waals surface area contributed by atoms with Crippen LogP contribution in [0.3, 0.4) is 0 Å². The van der Waals surface area contributed by atoms with Crippen LogP contribution in [0.15, 0.2) is 48.5 Å².